The maximum Gasteiger partial charge on any atom is 0.161 e. The molecule has 1 rings (SSSR count). The number of methoxy groups -OCH3 is 1. The van der Waals surface area contributed by atoms with Gasteiger partial charge in [0.25, 0.3) is 0 Å². The Labute approximate surface area is 85.0 Å². The highest BCUT2D eigenvalue weighted by Gasteiger charge is 2.00. The van der Waals surface area contributed by atoms with Crippen molar-refractivity contribution < 1.29 is 9.47 Å². The van der Waals surface area contributed by atoms with Gasteiger partial charge < -0.3 is 14.8 Å². The minimum Gasteiger partial charge on any atom is -0.493 e. The van der Waals surface area contributed by atoms with Gasteiger partial charge in [0, 0.05) is 0 Å². The van der Waals surface area contributed by atoms with Crippen LogP contribution in [0.15, 0.2) is 24.3 Å². The molecule has 0 aliphatic rings. The number of ether oxygens (including phenoxy) is 2. The normalized spacial score (nSPS) is 9.86. The van der Waals surface area contributed by atoms with E-state index in [1.165, 1.54) is 0 Å². The first-order valence-electron chi connectivity index (χ1n) is 4.79. The van der Waals surface area contributed by atoms with Crippen LogP contribution in [0.1, 0.15) is 6.42 Å². The van der Waals surface area contributed by atoms with Gasteiger partial charge in [-0.05, 0) is 32.1 Å². The molecule has 0 fully saturated rings. The Bertz CT molecular complexity index is 263. The molecule has 0 atom stereocenters. The summed E-state index contributed by atoms with van der Waals surface area (Å²) < 4.78 is 10.7. The zero-order valence-electron chi connectivity index (χ0n) is 8.75. The Morgan fingerprint density at radius 1 is 1.21 bits per heavy atom. The molecular formula is C11H17NO2. The van der Waals surface area contributed by atoms with E-state index in [4.69, 9.17) is 9.47 Å². The van der Waals surface area contributed by atoms with Crippen molar-refractivity contribution in [1.82, 2.24) is 5.32 Å². The standard InChI is InChI=1S/C11H17NO2/c1-12-8-5-9-14-11-7-4-3-6-10(11)13-2/h3-4,6-7,12H,5,8-9H2,1-2H3. The Hall–Kier alpha value is -1.22. The van der Waals surface area contributed by atoms with Crippen molar-refractivity contribution >= 4 is 0 Å². The first-order valence-corrected chi connectivity index (χ1v) is 4.79. The Kier molecular flexibility index (Phi) is 4.86. The number of para-hydroxylation sites is 2. The fourth-order valence-electron chi connectivity index (χ4n) is 1.17. The summed E-state index contributed by atoms with van der Waals surface area (Å²) in [6, 6.07) is 7.68. The van der Waals surface area contributed by atoms with Crippen molar-refractivity contribution in [1.29, 1.82) is 0 Å². The van der Waals surface area contributed by atoms with E-state index >= 15 is 0 Å². The summed E-state index contributed by atoms with van der Waals surface area (Å²) in [6.45, 7) is 1.68. The molecule has 0 spiro atoms. The second-order valence-corrected chi connectivity index (χ2v) is 2.96. The number of rotatable bonds is 6. The van der Waals surface area contributed by atoms with Crippen LogP contribution in [0.5, 0.6) is 11.5 Å². The predicted octanol–water partition coefficient (Wildman–Crippen LogP) is 1.68. The SMILES string of the molecule is CNCCCOc1ccccc1OC. The van der Waals surface area contributed by atoms with Crippen LogP contribution >= 0.6 is 0 Å². The number of nitrogens with one attached hydrogen (secondary N) is 1. The van der Waals surface area contributed by atoms with E-state index in [9.17, 15) is 0 Å². The van der Waals surface area contributed by atoms with Crippen molar-refractivity contribution in [3.05, 3.63) is 24.3 Å². The molecule has 78 valence electrons. The van der Waals surface area contributed by atoms with Gasteiger partial charge in [0.15, 0.2) is 11.5 Å². The summed E-state index contributed by atoms with van der Waals surface area (Å²) in [6.07, 6.45) is 0.995. The van der Waals surface area contributed by atoms with Crippen molar-refractivity contribution in [3.63, 3.8) is 0 Å². The van der Waals surface area contributed by atoms with Gasteiger partial charge in [0.2, 0.25) is 0 Å². The number of hydrogen-bond donors (Lipinski definition) is 1. The molecule has 0 aliphatic carbocycles. The molecule has 1 aromatic rings. The van der Waals surface area contributed by atoms with Crippen molar-refractivity contribution in [2.45, 2.75) is 6.42 Å². The van der Waals surface area contributed by atoms with Gasteiger partial charge in [-0.3, -0.25) is 0 Å². The third kappa shape index (κ3) is 3.26. The Balaban J connectivity index is 2.41. The van der Waals surface area contributed by atoms with E-state index in [1.54, 1.807) is 7.11 Å². The number of hydrogen-bond acceptors (Lipinski definition) is 3. The number of benzene rings is 1. The van der Waals surface area contributed by atoms with Gasteiger partial charge in [0.1, 0.15) is 0 Å². The van der Waals surface area contributed by atoms with Gasteiger partial charge in [-0.1, -0.05) is 12.1 Å². The van der Waals surface area contributed by atoms with Crippen LogP contribution in [-0.2, 0) is 0 Å². The molecule has 0 aliphatic heterocycles. The summed E-state index contributed by atoms with van der Waals surface area (Å²) in [4.78, 5) is 0. The second kappa shape index (κ2) is 6.27. The van der Waals surface area contributed by atoms with Crippen LogP contribution in [0.25, 0.3) is 0 Å². The molecule has 0 aromatic heterocycles. The van der Waals surface area contributed by atoms with Gasteiger partial charge in [-0.25, -0.2) is 0 Å². The molecule has 0 amide bonds. The molecule has 0 saturated carbocycles. The van der Waals surface area contributed by atoms with E-state index < -0.39 is 0 Å². The van der Waals surface area contributed by atoms with E-state index in [0.29, 0.717) is 6.61 Å². The average molecular weight is 195 g/mol. The van der Waals surface area contributed by atoms with E-state index in [1.807, 2.05) is 31.3 Å². The molecule has 0 heterocycles. The molecular weight excluding hydrogens is 178 g/mol. The van der Waals surface area contributed by atoms with Gasteiger partial charge in [0.05, 0.1) is 13.7 Å². The lowest BCUT2D eigenvalue weighted by Gasteiger charge is -2.09. The highest BCUT2D eigenvalue weighted by atomic mass is 16.5. The first kappa shape index (κ1) is 10.9. The highest BCUT2D eigenvalue weighted by Crippen LogP contribution is 2.25. The summed E-state index contributed by atoms with van der Waals surface area (Å²) >= 11 is 0. The van der Waals surface area contributed by atoms with Crippen LogP contribution < -0.4 is 14.8 Å². The van der Waals surface area contributed by atoms with Crippen molar-refractivity contribution in [3.8, 4) is 11.5 Å². The monoisotopic (exact) mass is 195 g/mol. The molecule has 3 heteroatoms. The average Bonchev–Trinajstić information content (AvgIpc) is 2.25. The molecule has 1 N–H and O–H groups in total. The predicted molar refractivity (Wildman–Crippen MR) is 57.0 cm³/mol. The fourth-order valence-corrected chi connectivity index (χ4v) is 1.17. The van der Waals surface area contributed by atoms with Crippen LogP contribution in [0.4, 0.5) is 0 Å². The van der Waals surface area contributed by atoms with E-state index in [0.717, 1.165) is 24.5 Å². The lowest BCUT2D eigenvalue weighted by atomic mass is 10.3. The molecule has 0 bridgehead atoms. The topological polar surface area (TPSA) is 30.5 Å². The quantitative estimate of drug-likeness (QED) is 0.701. The molecule has 14 heavy (non-hydrogen) atoms. The summed E-state index contributed by atoms with van der Waals surface area (Å²) in [7, 11) is 3.58. The summed E-state index contributed by atoms with van der Waals surface area (Å²) in [5.74, 6) is 1.60. The largest absolute Gasteiger partial charge is 0.493 e. The molecule has 0 saturated heterocycles. The van der Waals surface area contributed by atoms with Gasteiger partial charge in [-0.15, -0.1) is 0 Å². The Morgan fingerprint density at radius 2 is 1.93 bits per heavy atom. The lowest BCUT2D eigenvalue weighted by Crippen LogP contribution is -2.11. The van der Waals surface area contributed by atoms with Crippen LogP contribution in [0.3, 0.4) is 0 Å². The van der Waals surface area contributed by atoms with E-state index in [2.05, 4.69) is 5.32 Å². The molecule has 3 nitrogen and oxygen atoms in total. The lowest BCUT2D eigenvalue weighted by molar-refractivity contribution is 0.289. The minimum atomic E-state index is 0.710. The van der Waals surface area contributed by atoms with Crippen molar-refractivity contribution in [2.24, 2.45) is 0 Å². The van der Waals surface area contributed by atoms with Crippen molar-refractivity contribution in [2.75, 3.05) is 27.3 Å². The highest BCUT2D eigenvalue weighted by molar-refractivity contribution is 5.39. The molecule has 0 radical (unpaired) electrons. The summed E-state index contributed by atoms with van der Waals surface area (Å²) in [5, 5.41) is 3.07. The van der Waals surface area contributed by atoms with E-state index in [-0.39, 0.29) is 0 Å². The third-order valence-corrected chi connectivity index (χ3v) is 1.90. The second-order valence-electron chi connectivity index (χ2n) is 2.96. The smallest absolute Gasteiger partial charge is 0.161 e. The summed E-state index contributed by atoms with van der Waals surface area (Å²) in [5.41, 5.74) is 0. The first-order chi connectivity index (χ1) is 6.88. The zero-order chi connectivity index (χ0) is 10.2. The van der Waals surface area contributed by atoms with Gasteiger partial charge >= 0.3 is 0 Å². The minimum absolute atomic E-state index is 0.710. The zero-order valence-corrected chi connectivity index (χ0v) is 8.75. The maximum absolute atomic E-state index is 5.57. The Morgan fingerprint density at radius 3 is 2.57 bits per heavy atom. The van der Waals surface area contributed by atoms with Gasteiger partial charge in [-0.2, -0.15) is 0 Å². The van der Waals surface area contributed by atoms with Crippen LogP contribution in [0.2, 0.25) is 0 Å². The fraction of sp³-hybridized carbons (Fsp3) is 0.455. The molecule has 0 unspecified atom stereocenters. The molecule has 1 aromatic carbocycles. The van der Waals surface area contributed by atoms with Crippen LogP contribution in [-0.4, -0.2) is 27.3 Å². The van der Waals surface area contributed by atoms with Crippen LogP contribution in [0, 0.1) is 0 Å². The third-order valence-electron chi connectivity index (χ3n) is 1.90. The maximum atomic E-state index is 5.57.